The molecule has 2 rings (SSSR count). The molecule has 0 spiro atoms. The molecule has 2 aromatic carbocycles. The van der Waals surface area contributed by atoms with Gasteiger partial charge >= 0.3 is 0 Å². The van der Waals surface area contributed by atoms with Crippen molar-refractivity contribution in [2.75, 3.05) is 13.6 Å². The molecular weight excluding hydrogens is 368 g/mol. The van der Waals surface area contributed by atoms with Crippen LogP contribution in [0, 0.1) is 9.39 Å². The SMILES string of the molecule is CN(CC(=O)c1ccc(I)cc1)Cc1ccccc1F. The summed E-state index contributed by atoms with van der Waals surface area (Å²) < 4.78 is 14.6. The van der Waals surface area contributed by atoms with Crippen molar-refractivity contribution in [1.29, 1.82) is 0 Å². The second kappa shape index (κ2) is 6.95. The number of benzene rings is 2. The summed E-state index contributed by atoms with van der Waals surface area (Å²) >= 11 is 2.20. The molecule has 2 aromatic rings. The summed E-state index contributed by atoms with van der Waals surface area (Å²) in [5.41, 5.74) is 1.29. The maximum Gasteiger partial charge on any atom is 0.176 e. The quantitative estimate of drug-likeness (QED) is 0.579. The highest BCUT2D eigenvalue weighted by atomic mass is 127. The molecule has 0 heterocycles. The predicted octanol–water partition coefficient (Wildman–Crippen LogP) is 3.75. The summed E-state index contributed by atoms with van der Waals surface area (Å²) in [6, 6.07) is 14.1. The topological polar surface area (TPSA) is 20.3 Å². The van der Waals surface area contributed by atoms with Crippen molar-refractivity contribution in [1.82, 2.24) is 4.90 Å². The fourth-order valence-electron chi connectivity index (χ4n) is 1.95. The Balaban J connectivity index is 1.98. The van der Waals surface area contributed by atoms with Gasteiger partial charge in [-0.25, -0.2) is 4.39 Å². The number of hydrogen-bond acceptors (Lipinski definition) is 2. The van der Waals surface area contributed by atoms with Crippen molar-refractivity contribution in [2.45, 2.75) is 6.54 Å². The van der Waals surface area contributed by atoms with E-state index in [1.807, 2.05) is 36.2 Å². The molecular formula is C16H15FINO. The Kier molecular flexibility index (Phi) is 5.25. The van der Waals surface area contributed by atoms with Crippen LogP contribution in [0.15, 0.2) is 48.5 Å². The van der Waals surface area contributed by atoms with Crippen molar-refractivity contribution < 1.29 is 9.18 Å². The van der Waals surface area contributed by atoms with Crippen LogP contribution in [-0.2, 0) is 6.54 Å². The Hall–Kier alpha value is -1.27. The molecule has 0 aliphatic carbocycles. The van der Waals surface area contributed by atoms with Crippen LogP contribution in [0.1, 0.15) is 15.9 Å². The van der Waals surface area contributed by atoms with E-state index in [0.29, 0.717) is 17.7 Å². The van der Waals surface area contributed by atoms with E-state index in [-0.39, 0.29) is 18.1 Å². The molecule has 0 saturated heterocycles. The van der Waals surface area contributed by atoms with E-state index in [9.17, 15) is 9.18 Å². The fourth-order valence-corrected chi connectivity index (χ4v) is 2.31. The first-order valence-corrected chi connectivity index (χ1v) is 7.35. The molecule has 0 unspecified atom stereocenters. The number of carbonyl (C=O) groups is 1. The van der Waals surface area contributed by atoms with Crippen LogP contribution in [0.5, 0.6) is 0 Å². The molecule has 0 aliphatic rings. The minimum absolute atomic E-state index is 0.0419. The Bertz CT molecular complexity index is 598. The third-order valence-electron chi connectivity index (χ3n) is 2.98. The van der Waals surface area contributed by atoms with Crippen LogP contribution >= 0.6 is 22.6 Å². The largest absolute Gasteiger partial charge is 0.294 e. The van der Waals surface area contributed by atoms with Gasteiger partial charge in [-0.2, -0.15) is 0 Å². The smallest absolute Gasteiger partial charge is 0.176 e. The van der Waals surface area contributed by atoms with Crippen LogP contribution in [-0.4, -0.2) is 24.3 Å². The Morgan fingerprint density at radius 1 is 1.15 bits per heavy atom. The first-order chi connectivity index (χ1) is 9.56. The van der Waals surface area contributed by atoms with E-state index in [1.165, 1.54) is 6.07 Å². The lowest BCUT2D eigenvalue weighted by Crippen LogP contribution is -2.26. The fraction of sp³-hybridized carbons (Fsp3) is 0.188. The molecule has 2 nitrogen and oxygen atoms in total. The molecule has 0 aromatic heterocycles. The van der Waals surface area contributed by atoms with E-state index >= 15 is 0 Å². The number of likely N-dealkylation sites (N-methyl/N-ethyl adjacent to an activating group) is 1. The van der Waals surface area contributed by atoms with E-state index in [4.69, 9.17) is 0 Å². The van der Waals surface area contributed by atoms with Gasteiger partial charge in [-0.1, -0.05) is 30.3 Å². The lowest BCUT2D eigenvalue weighted by molar-refractivity contribution is 0.0942. The molecule has 0 saturated carbocycles. The second-order valence-electron chi connectivity index (χ2n) is 4.69. The summed E-state index contributed by atoms with van der Waals surface area (Å²) in [7, 11) is 1.82. The third-order valence-corrected chi connectivity index (χ3v) is 3.70. The van der Waals surface area contributed by atoms with Crippen molar-refractivity contribution in [3.05, 3.63) is 69.0 Å². The Labute approximate surface area is 131 Å². The van der Waals surface area contributed by atoms with E-state index in [1.54, 1.807) is 18.2 Å². The molecule has 0 N–H and O–H groups in total. The molecule has 4 heteroatoms. The first kappa shape index (κ1) is 15.1. The van der Waals surface area contributed by atoms with Crippen molar-refractivity contribution in [3.63, 3.8) is 0 Å². The van der Waals surface area contributed by atoms with Gasteiger partial charge in [0, 0.05) is 21.2 Å². The monoisotopic (exact) mass is 383 g/mol. The Morgan fingerprint density at radius 3 is 2.45 bits per heavy atom. The average molecular weight is 383 g/mol. The molecule has 104 valence electrons. The van der Waals surface area contributed by atoms with E-state index < -0.39 is 0 Å². The Morgan fingerprint density at radius 2 is 1.80 bits per heavy atom. The lowest BCUT2D eigenvalue weighted by atomic mass is 10.1. The molecule has 0 bridgehead atoms. The van der Waals surface area contributed by atoms with Gasteiger partial charge in [0.05, 0.1) is 6.54 Å². The van der Waals surface area contributed by atoms with Gasteiger partial charge in [-0.3, -0.25) is 9.69 Å². The lowest BCUT2D eigenvalue weighted by Gasteiger charge is -2.16. The van der Waals surface area contributed by atoms with E-state index in [2.05, 4.69) is 22.6 Å². The predicted molar refractivity (Wildman–Crippen MR) is 86.2 cm³/mol. The summed E-state index contributed by atoms with van der Waals surface area (Å²) in [5.74, 6) is -0.193. The van der Waals surface area contributed by atoms with Gasteiger partial charge < -0.3 is 0 Å². The molecule has 20 heavy (non-hydrogen) atoms. The van der Waals surface area contributed by atoms with Crippen LogP contribution in [0.25, 0.3) is 0 Å². The first-order valence-electron chi connectivity index (χ1n) is 6.27. The average Bonchev–Trinajstić information content (AvgIpc) is 2.42. The zero-order valence-corrected chi connectivity index (χ0v) is 13.3. The molecule has 0 aliphatic heterocycles. The highest BCUT2D eigenvalue weighted by Crippen LogP contribution is 2.11. The summed E-state index contributed by atoms with van der Waals surface area (Å²) in [4.78, 5) is 13.9. The normalized spacial score (nSPS) is 10.8. The van der Waals surface area contributed by atoms with E-state index in [0.717, 1.165) is 3.57 Å². The maximum atomic E-state index is 13.5. The van der Waals surface area contributed by atoms with Gasteiger partial charge in [-0.15, -0.1) is 0 Å². The highest BCUT2D eigenvalue weighted by molar-refractivity contribution is 14.1. The summed E-state index contributed by atoms with van der Waals surface area (Å²) in [6.45, 7) is 0.692. The van der Waals surface area contributed by atoms with Crippen LogP contribution in [0.2, 0.25) is 0 Å². The molecule has 0 amide bonds. The molecule has 0 atom stereocenters. The van der Waals surface area contributed by atoms with Gasteiger partial charge in [0.2, 0.25) is 0 Å². The molecule has 0 fully saturated rings. The molecule has 0 radical (unpaired) electrons. The standard InChI is InChI=1S/C16H15FINO/c1-19(10-13-4-2-3-5-15(13)17)11-16(20)12-6-8-14(18)9-7-12/h2-9H,10-11H2,1H3. The number of nitrogens with zero attached hydrogens (tertiary/aromatic N) is 1. The minimum Gasteiger partial charge on any atom is -0.294 e. The van der Waals surface area contributed by atoms with Crippen LogP contribution < -0.4 is 0 Å². The van der Waals surface area contributed by atoms with Crippen molar-refractivity contribution in [3.8, 4) is 0 Å². The maximum absolute atomic E-state index is 13.5. The number of halogens is 2. The van der Waals surface area contributed by atoms with Gasteiger partial charge in [0.1, 0.15) is 5.82 Å². The number of carbonyl (C=O) groups excluding carboxylic acids is 1. The zero-order valence-electron chi connectivity index (χ0n) is 11.1. The van der Waals surface area contributed by atoms with Crippen molar-refractivity contribution >= 4 is 28.4 Å². The zero-order chi connectivity index (χ0) is 14.5. The number of Topliss-reactive ketones (excluding diaryl/α,β-unsaturated/α-hetero) is 1. The third kappa shape index (κ3) is 4.11. The number of rotatable bonds is 5. The van der Waals surface area contributed by atoms with Gasteiger partial charge in [-0.05, 0) is 47.8 Å². The number of ketones is 1. The minimum atomic E-state index is -0.235. The van der Waals surface area contributed by atoms with Crippen LogP contribution in [0.3, 0.4) is 0 Å². The second-order valence-corrected chi connectivity index (χ2v) is 5.94. The summed E-state index contributed by atoms with van der Waals surface area (Å²) in [5, 5.41) is 0. The van der Waals surface area contributed by atoms with Crippen LogP contribution in [0.4, 0.5) is 4.39 Å². The van der Waals surface area contributed by atoms with Gasteiger partial charge in [0.15, 0.2) is 5.78 Å². The number of hydrogen-bond donors (Lipinski definition) is 0. The summed E-state index contributed by atoms with van der Waals surface area (Å²) in [6.07, 6.45) is 0. The highest BCUT2D eigenvalue weighted by Gasteiger charge is 2.11. The van der Waals surface area contributed by atoms with Crippen molar-refractivity contribution in [2.24, 2.45) is 0 Å². The van der Waals surface area contributed by atoms with Gasteiger partial charge in [0.25, 0.3) is 0 Å².